The van der Waals surface area contributed by atoms with Crippen molar-refractivity contribution in [3.63, 3.8) is 0 Å². The van der Waals surface area contributed by atoms with Crippen molar-refractivity contribution in [1.29, 1.82) is 5.26 Å². The van der Waals surface area contributed by atoms with Gasteiger partial charge in [0.05, 0.1) is 11.1 Å². The topological polar surface area (TPSA) is 66.0 Å². The van der Waals surface area contributed by atoms with Crippen molar-refractivity contribution >= 4 is 23.1 Å². The Labute approximate surface area is 138 Å². The second-order valence-electron chi connectivity index (χ2n) is 4.68. The molecule has 1 aromatic heterocycles. The molecule has 0 amide bonds. The van der Waals surface area contributed by atoms with Gasteiger partial charge in [0.25, 0.3) is 0 Å². The van der Waals surface area contributed by atoms with Gasteiger partial charge < -0.3 is 9.67 Å². The average Bonchev–Trinajstić information content (AvgIpc) is 2.96. The number of rotatable bonds is 5. The molecule has 2 aromatic rings. The summed E-state index contributed by atoms with van der Waals surface area (Å²) in [6.45, 7) is 7.34. The fraction of sp³-hybridized carbons (Fsp3) is 0. The van der Waals surface area contributed by atoms with Gasteiger partial charge in [-0.2, -0.15) is 5.26 Å². The monoisotopic (exact) mass is 324 g/mol. The van der Waals surface area contributed by atoms with Crippen LogP contribution >= 0.6 is 11.6 Å². The molecule has 1 heterocycles. The summed E-state index contributed by atoms with van der Waals surface area (Å²) in [5.74, 6) is -0.989. The molecule has 0 saturated carbocycles. The predicted octanol–water partition coefficient (Wildman–Crippen LogP) is 4.37. The molecule has 0 radical (unpaired) electrons. The molecule has 23 heavy (non-hydrogen) atoms. The van der Waals surface area contributed by atoms with Crippen LogP contribution in [0.4, 0.5) is 0 Å². The van der Waals surface area contributed by atoms with E-state index in [0.717, 1.165) is 5.69 Å². The van der Waals surface area contributed by atoms with E-state index < -0.39 is 5.97 Å². The minimum absolute atomic E-state index is 0.197. The lowest BCUT2D eigenvalue weighted by atomic mass is 10.1. The van der Waals surface area contributed by atoms with Gasteiger partial charge in [0.2, 0.25) is 0 Å². The van der Waals surface area contributed by atoms with Crippen LogP contribution in [-0.4, -0.2) is 15.6 Å². The van der Waals surface area contributed by atoms with E-state index in [1.165, 1.54) is 12.1 Å². The minimum atomic E-state index is -0.989. The van der Waals surface area contributed by atoms with Crippen LogP contribution < -0.4 is 0 Å². The van der Waals surface area contributed by atoms with E-state index in [0.29, 0.717) is 21.7 Å². The van der Waals surface area contributed by atoms with Crippen molar-refractivity contribution < 1.29 is 9.90 Å². The zero-order valence-electron chi connectivity index (χ0n) is 12.2. The largest absolute Gasteiger partial charge is 0.478 e. The third-order valence-corrected chi connectivity index (χ3v) is 3.43. The molecule has 1 aromatic carbocycles. The summed E-state index contributed by atoms with van der Waals surface area (Å²) >= 11 is 6.00. The number of nitrogens with zero attached hydrogens (tertiary/aromatic N) is 2. The van der Waals surface area contributed by atoms with Gasteiger partial charge in [-0.1, -0.05) is 36.9 Å². The summed E-state index contributed by atoms with van der Waals surface area (Å²) in [7, 11) is 0. The highest BCUT2D eigenvalue weighted by atomic mass is 35.5. The Hall–Kier alpha value is -3.03. The average molecular weight is 325 g/mol. The van der Waals surface area contributed by atoms with Gasteiger partial charge in [-0.15, -0.1) is 0 Å². The Morgan fingerprint density at radius 1 is 1.30 bits per heavy atom. The van der Waals surface area contributed by atoms with Gasteiger partial charge in [-0.3, -0.25) is 0 Å². The Morgan fingerprint density at radius 3 is 2.43 bits per heavy atom. The molecule has 0 fully saturated rings. The van der Waals surface area contributed by atoms with E-state index in [1.54, 1.807) is 41.2 Å². The molecule has 0 saturated heterocycles. The maximum Gasteiger partial charge on any atom is 0.335 e. The molecule has 114 valence electrons. The van der Waals surface area contributed by atoms with Gasteiger partial charge in [-0.05, 0) is 24.3 Å². The summed E-state index contributed by atoms with van der Waals surface area (Å²) in [6.07, 6.45) is 6.66. The molecule has 1 N–H and O–H groups in total. The first-order chi connectivity index (χ1) is 11.0. The first-order valence-electron chi connectivity index (χ1n) is 6.61. The van der Waals surface area contributed by atoms with E-state index in [1.807, 2.05) is 0 Å². The molecule has 0 unspecified atom stereocenters. The molecule has 0 aliphatic heterocycles. The quantitative estimate of drug-likeness (QED) is 0.830. The van der Waals surface area contributed by atoms with Gasteiger partial charge in [0.15, 0.2) is 0 Å². The lowest BCUT2D eigenvalue weighted by molar-refractivity contribution is 0.0697. The normalized spacial score (nSPS) is 10.9. The van der Waals surface area contributed by atoms with Crippen molar-refractivity contribution in [2.45, 2.75) is 0 Å². The highest BCUT2D eigenvalue weighted by Gasteiger charge is 2.13. The number of aromatic carboxylic acids is 1. The number of carboxylic acids is 1. The summed E-state index contributed by atoms with van der Waals surface area (Å²) in [5.41, 5.74) is 2.61. The highest BCUT2D eigenvalue weighted by molar-refractivity contribution is 6.36. The molecule has 4 nitrogen and oxygen atoms in total. The van der Waals surface area contributed by atoms with Crippen LogP contribution in [0.5, 0.6) is 0 Å². The summed E-state index contributed by atoms with van der Waals surface area (Å²) in [6, 6.07) is 8.46. The van der Waals surface area contributed by atoms with Gasteiger partial charge in [-0.25, -0.2) is 4.79 Å². The summed E-state index contributed by atoms with van der Waals surface area (Å²) < 4.78 is 1.73. The predicted molar refractivity (Wildman–Crippen MR) is 90.6 cm³/mol. The van der Waals surface area contributed by atoms with Crippen LogP contribution in [0, 0.1) is 11.3 Å². The number of nitriles is 1. The van der Waals surface area contributed by atoms with Crippen LogP contribution in [0.2, 0.25) is 0 Å². The summed E-state index contributed by atoms with van der Waals surface area (Å²) in [4.78, 5) is 10.9. The number of allylic oxidation sites excluding steroid dienone is 4. The smallest absolute Gasteiger partial charge is 0.335 e. The second-order valence-corrected chi connectivity index (χ2v) is 5.13. The zero-order valence-corrected chi connectivity index (χ0v) is 12.9. The molecule has 0 bridgehead atoms. The molecule has 0 atom stereocenters. The standard InChI is InChI=1S/C18H13ClN2O2/c1-3-4-16(12(2)19)17-11-21(10-14(17)9-20)15-7-5-13(6-8-15)18(22)23/h3-8,10-11H,1-2H2,(H,22,23)/b16-4+. The first kappa shape index (κ1) is 16.3. The Kier molecular flexibility index (Phi) is 4.85. The molecular weight excluding hydrogens is 312 g/mol. The Bertz CT molecular complexity index is 852. The molecular formula is C18H13ClN2O2. The maximum absolute atomic E-state index is 10.9. The van der Waals surface area contributed by atoms with Crippen molar-refractivity contribution in [3.05, 3.63) is 83.7 Å². The Morgan fingerprint density at radius 2 is 1.96 bits per heavy atom. The van der Waals surface area contributed by atoms with Gasteiger partial charge >= 0.3 is 5.97 Å². The minimum Gasteiger partial charge on any atom is -0.478 e. The Balaban J connectivity index is 2.53. The fourth-order valence-electron chi connectivity index (χ4n) is 2.13. The number of hydrogen-bond acceptors (Lipinski definition) is 2. The van der Waals surface area contributed by atoms with Gasteiger partial charge in [0.1, 0.15) is 6.07 Å². The van der Waals surface area contributed by atoms with Crippen molar-refractivity contribution in [3.8, 4) is 11.8 Å². The lowest BCUT2D eigenvalue weighted by Crippen LogP contribution is -1.97. The molecule has 0 aliphatic carbocycles. The number of aromatic nitrogens is 1. The number of carbonyl (C=O) groups is 1. The molecule has 2 rings (SSSR count). The zero-order chi connectivity index (χ0) is 17.0. The van der Waals surface area contributed by atoms with Crippen molar-refractivity contribution in [1.82, 2.24) is 4.57 Å². The maximum atomic E-state index is 10.9. The first-order valence-corrected chi connectivity index (χ1v) is 6.99. The van der Waals surface area contributed by atoms with Crippen molar-refractivity contribution in [2.24, 2.45) is 0 Å². The third-order valence-electron chi connectivity index (χ3n) is 3.23. The highest BCUT2D eigenvalue weighted by Crippen LogP contribution is 2.29. The van der Waals surface area contributed by atoms with E-state index in [-0.39, 0.29) is 5.56 Å². The van der Waals surface area contributed by atoms with E-state index in [2.05, 4.69) is 19.2 Å². The van der Waals surface area contributed by atoms with Crippen LogP contribution in [0.25, 0.3) is 11.3 Å². The molecule has 5 heteroatoms. The third kappa shape index (κ3) is 3.42. The number of hydrogen-bond donors (Lipinski definition) is 1. The van der Waals surface area contributed by atoms with Crippen LogP contribution in [0.15, 0.2) is 67.0 Å². The van der Waals surface area contributed by atoms with Crippen LogP contribution in [0.1, 0.15) is 21.5 Å². The SMILES string of the molecule is C=C/C=C(\C(=C)Cl)c1cn(-c2ccc(C(=O)O)cc2)cc1C#N. The van der Waals surface area contributed by atoms with Crippen LogP contribution in [-0.2, 0) is 0 Å². The number of carboxylic acid groups (broad SMARTS) is 1. The van der Waals surface area contributed by atoms with Gasteiger partial charge in [0, 0.05) is 34.2 Å². The van der Waals surface area contributed by atoms with Crippen LogP contribution in [0.3, 0.4) is 0 Å². The molecule has 0 spiro atoms. The lowest BCUT2D eigenvalue weighted by Gasteiger charge is -2.04. The number of benzene rings is 1. The summed E-state index contributed by atoms with van der Waals surface area (Å²) in [5, 5.41) is 18.6. The number of halogens is 1. The van der Waals surface area contributed by atoms with E-state index >= 15 is 0 Å². The fourth-order valence-corrected chi connectivity index (χ4v) is 2.29. The second kappa shape index (κ2) is 6.82. The molecule has 0 aliphatic rings. The van der Waals surface area contributed by atoms with E-state index in [4.69, 9.17) is 16.7 Å². The van der Waals surface area contributed by atoms with E-state index in [9.17, 15) is 10.1 Å². The van der Waals surface area contributed by atoms with Crippen molar-refractivity contribution in [2.75, 3.05) is 0 Å².